The molecule has 1 fully saturated rings. The van der Waals surface area contributed by atoms with Crippen LogP contribution in [0.1, 0.15) is 60.6 Å². The topological polar surface area (TPSA) is 76.5 Å². The molecule has 2 aromatic carbocycles. The Balaban J connectivity index is 1.49. The van der Waals surface area contributed by atoms with Gasteiger partial charge < -0.3 is 15.0 Å². The van der Waals surface area contributed by atoms with Gasteiger partial charge in [-0.15, -0.1) is 0 Å². The molecule has 3 aromatic rings. The first-order valence-corrected chi connectivity index (χ1v) is 12.8. The molecule has 1 aromatic heterocycles. The van der Waals surface area contributed by atoms with E-state index in [4.69, 9.17) is 9.84 Å². The molecule has 2 aliphatic rings. The van der Waals surface area contributed by atoms with Gasteiger partial charge in [0.1, 0.15) is 17.0 Å². The van der Waals surface area contributed by atoms with Crippen molar-refractivity contribution in [2.75, 3.05) is 7.11 Å². The maximum absolute atomic E-state index is 13.9. The number of fused-ring (bicyclic) bond motifs is 1. The first-order valence-electron chi connectivity index (χ1n) is 12.8. The van der Waals surface area contributed by atoms with Crippen molar-refractivity contribution in [3.8, 4) is 17.0 Å². The molecule has 0 radical (unpaired) electrons. The predicted octanol–water partition coefficient (Wildman–Crippen LogP) is 4.73. The maximum atomic E-state index is 13.9. The normalized spacial score (nSPS) is 20.2. The number of rotatable bonds is 6. The third-order valence-corrected chi connectivity index (χ3v) is 7.57. The molecule has 7 heteroatoms. The highest BCUT2D eigenvalue weighted by molar-refractivity contribution is 6.00. The number of aromatic nitrogens is 2. The molecule has 1 saturated carbocycles. The first kappa shape index (κ1) is 24.1. The van der Waals surface area contributed by atoms with E-state index in [-0.39, 0.29) is 17.9 Å². The van der Waals surface area contributed by atoms with Gasteiger partial charge in [0.25, 0.3) is 5.91 Å². The molecule has 7 nitrogen and oxygen atoms in total. The van der Waals surface area contributed by atoms with Crippen LogP contribution in [0.25, 0.3) is 11.3 Å². The third kappa shape index (κ3) is 4.62. The van der Waals surface area contributed by atoms with Gasteiger partial charge >= 0.3 is 0 Å². The van der Waals surface area contributed by atoms with Gasteiger partial charge in [0, 0.05) is 18.2 Å². The van der Waals surface area contributed by atoms with Crippen molar-refractivity contribution in [3.05, 3.63) is 71.4 Å². The van der Waals surface area contributed by atoms with Gasteiger partial charge in [0.2, 0.25) is 5.91 Å². The molecule has 5 rings (SSSR count). The van der Waals surface area contributed by atoms with Crippen molar-refractivity contribution in [1.29, 1.82) is 0 Å². The molecular formula is C29H34N4O3. The van der Waals surface area contributed by atoms with Gasteiger partial charge in [-0.2, -0.15) is 5.10 Å². The van der Waals surface area contributed by atoms with Gasteiger partial charge in [-0.1, -0.05) is 49.1 Å². The molecule has 1 N–H and O–H groups in total. The lowest BCUT2D eigenvalue weighted by molar-refractivity contribution is -0.134. The third-order valence-electron chi connectivity index (χ3n) is 7.57. The van der Waals surface area contributed by atoms with E-state index < -0.39 is 5.54 Å². The minimum absolute atomic E-state index is 0.109. The number of benzene rings is 2. The van der Waals surface area contributed by atoms with Gasteiger partial charge in [0.15, 0.2) is 0 Å². The van der Waals surface area contributed by atoms with E-state index >= 15 is 0 Å². The molecule has 1 atom stereocenters. The predicted molar refractivity (Wildman–Crippen MR) is 139 cm³/mol. The van der Waals surface area contributed by atoms with Crippen LogP contribution in [0, 0.1) is 6.92 Å². The Bertz CT molecular complexity index is 1240. The standard InChI is InChI=1S/C29H34N4O3/c1-20-9-11-21(12-10-20)18-32-27(34)26-17-25(22-13-15-24(36-3)16-14-22)31-33(26)19-29(32,2)28(35)30-23-7-5-4-6-8-23/h9-17,23H,4-8,18-19H2,1-3H3,(H,30,35). The minimum Gasteiger partial charge on any atom is -0.497 e. The molecule has 1 aliphatic carbocycles. The summed E-state index contributed by atoms with van der Waals surface area (Å²) < 4.78 is 6.97. The van der Waals surface area contributed by atoms with Crippen LogP contribution in [0.15, 0.2) is 54.6 Å². The molecule has 36 heavy (non-hydrogen) atoms. The first-order chi connectivity index (χ1) is 17.4. The van der Waals surface area contributed by atoms with Crippen molar-refractivity contribution in [2.45, 2.75) is 70.6 Å². The summed E-state index contributed by atoms with van der Waals surface area (Å²) in [5.74, 6) is 0.465. The van der Waals surface area contributed by atoms with Crippen LogP contribution >= 0.6 is 0 Å². The number of carbonyl (C=O) groups excluding carboxylic acids is 2. The maximum Gasteiger partial charge on any atom is 0.273 e. The molecule has 0 bridgehead atoms. The summed E-state index contributed by atoms with van der Waals surface area (Å²) >= 11 is 0. The Morgan fingerprint density at radius 1 is 1.08 bits per heavy atom. The molecule has 188 valence electrons. The molecule has 2 amide bonds. The number of hydrogen-bond acceptors (Lipinski definition) is 4. The van der Waals surface area contributed by atoms with E-state index in [1.54, 1.807) is 16.7 Å². The largest absolute Gasteiger partial charge is 0.497 e. The minimum atomic E-state index is -1.06. The van der Waals surface area contributed by atoms with Crippen LogP contribution in [-0.4, -0.2) is 45.2 Å². The molecule has 0 saturated heterocycles. The molecule has 1 aliphatic heterocycles. The van der Waals surface area contributed by atoms with Crippen molar-refractivity contribution in [3.63, 3.8) is 0 Å². The quantitative estimate of drug-likeness (QED) is 0.547. The second-order valence-electron chi connectivity index (χ2n) is 10.3. The Hall–Kier alpha value is -3.61. The zero-order valence-corrected chi connectivity index (χ0v) is 21.3. The van der Waals surface area contributed by atoms with Crippen LogP contribution < -0.4 is 10.1 Å². The van der Waals surface area contributed by atoms with E-state index in [0.29, 0.717) is 24.5 Å². The monoisotopic (exact) mass is 486 g/mol. The van der Waals surface area contributed by atoms with Gasteiger partial charge in [-0.25, -0.2) is 0 Å². The summed E-state index contributed by atoms with van der Waals surface area (Å²) in [4.78, 5) is 29.4. The summed E-state index contributed by atoms with van der Waals surface area (Å²) in [7, 11) is 1.63. The lowest BCUT2D eigenvalue weighted by atomic mass is 9.91. The van der Waals surface area contributed by atoms with E-state index in [9.17, 15) is 9.59 Å². The van der Waals surface area contributed by atoms with Crippen molar-refractivity contribution >= 4 is 11.8 Å². The number of ether oxygens (including phenoxy) is 1. The highest BCUT2D eigenvalue weighted by atomic mass is 16.5. The van der Waals surface area contributed by atoms with Crippen molar-refractivity contribution < 1.29 is 14.3 Å². The Morgan fingerprint density at radius 3 is 2.44 bits per heavy atom. The van der Waals surface area contributed by atoms with Crippen LogP contribution in [0.2, 0.25) is 0 Å². The zero-order chi connectivity index (χ0) is 25.3. The average molecular weight is 487 g/mol. The highest BCUT2D eigenvalue weighted by Crippen LogP contribution is 2.32. The van der Waals surface area contributed by atoms with E-state index in [0.717, 1.165) is 48.1 Å². The number of hydrogen-bond donors (Lipinski definition) is 1. The smallest absolute Gasteiger partial charge is 0.273 e. The fourth-order valence-corrected chi connectivity index (χ4v) is 5.26. The number of nitrogens with zero attached hydrogens (tertiary/aromatic N) is 3. The van der Waals surface area contributed by atoms with Gasteiger partial charge in [-0.3, -0.25) is 14.3 Å². The summed E-state index contributed by atoms with van der Waals surface area (Å²) in [5.41, 5.74) is 3.18. The second-order valence-corrected chi connectivity index (χ2v) is 10.3. The van der Waals surface area contributed by atoms with Crippen LogP contribution in [0.5, 0.6) is 5.75 Å². The SMILES string of the molecule is COc1ccc(-c2cc3n(n2)CC(C)(C(=O)NC2CCCCC2)N(Cc2ccc(C)cc2)C3=O)cc1. The van der Waals surface area contributed by atoms with E-state index in [1.165, 1.54) is 6.42 Å². The Labute approximate surface area is 212 Å². The number of aryl methyl sites for hydroxylation is 1. The fourth-order valence-electron chi connectivity index (χ4n) is 5.26. The summed E-state index contributed by atoms with van der Waals surface area (Å²) in [5, 5.41) is 8.02. The highest BCUT2D eigenvalue weighted by Gasteiger charge is 2.48. The molecule has 2 heterocycles. The average Bonchev–Trinajstić information content (AvgIpc) is 3.32. The molecular weight excluding hydrogens is 452 g/mol. The van der Waals surface area contributed by atoms with Crippen LogP contribution in [0.3, 0.4) is 0 Å². The summed E-state index contributed by atoms with van der Waals surface area (Å²) in [6, 6.07) is 17.7. The fraction of sp³-hybridized carbons (Fsp3) is 0.414. The number of methoxy groups -OCH3 is 1. The molecule has 0 spiro atoms. The number of nitrogens with one attached hydrogen (secondary N) is 1. The van der Waals surface area contributed by atoms with Gasteiger partial charge in [0.05, 0.1) is 19.3 Å². The van der Waals surface area contributed by atoms with Crippen molar-refractivity contribution in [2.24, 2.45) is 0 Å². The van der Waals surface area contributed by atoms with Crippen LogP contribution in [-0.2, 0) is 17.9 Å². The van der Waals surface area contributed by atoms with Gasteiger partial charge in [-0.05, 0) is 62.6 Å². The number of carbonyl (C=O) groups is 2. The number of amides is 2. The van der Waals surface area contributed by atoms with Crippen LogP contribution in [0.4, 0.5) is 0 Å². The molecule has 1 unspecified atom stereocenters. The Morgan fingerprint density at radius 2 is 1.78 bits per heavy atom. The zero-order valence-electron chi connectivity index (χ0n) is 21.3. The Kier molecular flexibility index (Phi) is 6.56. The summed E-state index contributed by atoms with van der Waals surface area (Å²) in [6.07, 6.45) is 5.45. The summed E-state index contributed by atoms with van der Waals surface area (Å²) in [6.45, 7) is 4.57. The lowest BCUT2D eigenvalue weighted by Crippen LogP contribution is -2.64. The lowest BCUT2D eigenvalue weighted by Gasteiger charge is -2.44. The second kappa shape index (κ2) is 9.80. The van der Waals surface area contributed by atoms with E-state index in [1.807, 2.05) is 68.4 Å². The van der Waals surface area contributed by atoms with Crippen molar-refractivity contribution in [1.82, 2.24) is 20.0 Å². The van der Waals surface area contributed by atoms with E-state index in [2.05, 4.69) is 5.32 Å².